The van der Waals surface area contributed by atoms with E-state index < -0.39 is 34.1 Å². The fraction of sp³-hybridized carbons (Fsp3) is 0.867. The van der Waals surface area contributed by atoms with Crippen molar-refractivity contribution in [1.82, 2.24) is 0 Å². The lowest BCUT2D eigenvalue weighted by Crippen LogP contribution is -2.66. The van der Waals surface area contributed by atoms with Gasteiger partial charge in [-0.25, -0.2) is 0 Å². The lowest BCUT2D eigenvalue weighted by molar-refractivity contribution is -0.224. The quantitative estimate of drug-likeness (QED) is 0.509. The smallest absolute Gasteiger partial charge is 0.164 e. The fourth-order valence-electron chi connectivity index (χ4n) is 10.1. The zero-order valence-electron chi connectivity index (χ0n) is 23.0. The first-order valence-corrected chi connectivity index (χ1v) is 13.8. The number of carbonyl (C=O) groups is 2. The summed E-state index contributed by atoms with van der Waals surface area (Å²) >= 11 is 0. The van der Waals surface area contributed by atoms with Gasteiger partial charge in [-0.2, -0.15) is 0 Å². The van der Waals surface area contributed by atoms with E-state index in [4.69, 9.17) is 4.74 Å². The van der Waals surface area contributed by atoms with Gasteiger partial charge in [0.15, 0.2) is 5.78 Å². The number of fused-ring (bicyclic) bond motifs is 5. The molecule has 1 heterocycles. The highest BCUT2D eigenvalue weighted by atomic mass is 16.5. The third-order valence-corrected chi connectivity index (χ3v) is 12.2. The maximum Gasteiger partial charge on any atom is 0.164 e. The summed E-state index contributed by atoms with van der Waals surface area (Å²) in [6.45, 7) is 16.8. The molecule has 0 aromatic rings. The van der Waals surface area contributed by atoms with Gasteiger partial charge in [0.2, 0.25) is 0 Å². The molecule has 4 aliphatic carbocycles. The Morgan fingerprint density at radius 3 is 2.23 bits per heavy atom. The van der Waals surface area contributed by atoms with Gasteiger partial charge in [-0.1, -0.05) is 46.3 Å². The van der Waals surface area contributed by atoms with Crippen molar-refractivity contribution < 1.29 is 24.5 Å². The zero-order valence-corrected chi connectivity index (χ0v) is 23.0. The van der Waals surface area contributed by atoms with E-state index in [2.05, 4.69) is 40.7 Å². The molecule has 5 rings (SSSR count). The predicted molar refractivity (Wildman–Crippen MR) is 135 cm³/mol. The van der Waals surface area contributed by atoms with E-state index in [1.54, 1.807) is 0 Å². The minimum Gasteiger partial charge on any atom is -0.393 e. The highest BCUT2D eigenvalue weighted by Crippen LogP contribution is 2.74. The largest absolute Gasteiger partial charge is 0.393 e. The van der Waals surface area contributed by atoms with Crippen molar-refractivity contribution >= 4 is 11.6 Å². The van der Waals surface area contributed by atoms with Gasteiger partial charge in [0.1, 0.15) is 11.4 Å². The van der Waals surface area contributed by atoms with Gasteiger partial charge in [-0.15, -0.1) is 0 Å². The molecule has 5 aliphatic rings. The topological polar surface area (TPSA) is 83.8 Å². The Morgan fingerprint density at radius 2 is 1.57 bits per heavy atom. The van der Waals surface area contributed by atoms with E-state index >= 15 is 0 Å². The average molecular weight is 487 g/mol. The number of hydrogen-bond donors (Lipinski definition) is 2. The highest BCUT2D eigenvalue weighted by molar-refractivity contribution is 5.90. The second-order valence-electron chi connectivity index (χ2n) is 14.7. The number of ketones is 2. The van der Waals surface area contributed by atoms with Gasteiger partial charge < -0.3 is 14.9 Å². The molecule has 196 valence electrons. The first-order chi connectivity index (χ1) is 15.9. The molecular formula is C30H46O5. The van der Waals surface area contributed by atoms with E-state index in [-0.39, 0.29) is 40.3 Å². The maximum absolute atomic E-state index is 14.3. The van der Waals surface area contributed by atoms with Gasteiger partial charge in [-0.3, -0.25) is 9.59 Å². The van der Waals surface area contributed by atoms with Gasteiger partial charge in [0, 0.05) is 29.6 Å². The van der Waals surface area contributed by atoms with Crippen LogP contribution in [0.2, 0.25) is 0 Å². The maximum atomic E-state index is 14.3. The SMILES string of the molecule is CC1(C)CCC(=O)C(C)(C2C(O)CC3(C)C4CC=C5C(CCC(O)C5(C)C)C4(C)C(=O)CC23C)O1. The molecule has 5 nitrogen and oxygen atoms in total. The molecule has 0 amide bonds. The number of carbonyl (C=O) groups excluding carboxylic acids is 2. The molecule has 2 N–H and O–H groups in total. The fourth-order valence-corrected chi connectivity index (χ4v) is 10.1. The molecule has 35 heavy (non-hydrogen) atoms. The van der Waals surface area contributed by atoms with Crippen LogP contribution < -0.4 is 0 Å². The van der Waals surface area contributed by atoms with Crippen LogP contribution in [0.5, 0.6) is 0 Å². The van der Waals surface area contributed by atoms with Crippen molar-refractivity contribution in [2.45, 2.75) is 124 Å². The minimum atomic E-state index is -1.10. The van der Waals surface area contributed by atoms with Crippen LogP contribution in [0.15, 0.2) is 11.6 Å². The summed E-state index contributed by atoms with van der Waals surface area (Å²) < 4.78 is 6.55. The average Bonchev–Trinajstić information content (AvgIpc) is 2.93. The summed E-state index contributed by atoms with van der Waals surface area (Å²) in [6, 6.07) is 0. The van der Waals surface area contributed by atoms with Crippen molar-refractivity contribution in [3.8, 4) is 0 Å². The van der Waals surface area contributed by atoms with Crippen LogP contribution in [0.25, 0.3) is 0 Å². The van der Waals surface area contributed by atoms with Crippen LogP contribution in [0.4, 0.5) is 0 Å². The lowest BCUT2D eigenvalue weighted by Gasteiger charge is -2.65. The van der Waals surface area contributed by atoms with Crippen LogP contribution in [0.1, 0.15) is 100 Å². The van der Waals surface area contributed by atoms with Crippen molar-refractivity contribution in [2.24, 2.45) is 39.4 Å². The molecule has 0 radical (unpaired) electrons. The second-order valence-corrected chi connectivity index (χ2v) is 14.7. The number of aliphatic hydroxyl groups is 2. The van der Waals surface area contributed by atoms with Gasteiger partial charge in [0.05, 0.1) is 17.8 Å². The molecule has 0 bridgehead atoms. The number of aliphatic hydroxyl groups excluding tert-OH is 2. The zero-order chi connectivity index (χ0) is 26.0. The number of hydrogen-bond acceptors (Lipinski definition) is 5. The summed E-state index contributed by atoms with van der Waals surface area (Å²) in [6.07, 6.45) is 5.59. The van der Waals surface area contributed by atoms with Crippen LogP contribution in [-0.2, 0) is 14.3 Å². The van der Waals surface area contributed by atoms with Crippen molar-refractivity contribution in [3.05, 3.63) is 11.6 Å². The van der Waals surface area contributed by atoms with E-state index in [1.807, 2.05) is 20.8 Å². The molecule has 0 aromatic heterocycles. The van der Waals surface area contributed by atoms with Crippen LogP contribution in [-0.4, -0.2) is 45.2 Å². The molecule has 3 saturated carbocycles. The Bertz CT molecular complexity index is 995. The number of allylic oxidation sites excluding steroid dienone is 1. The predicted octanol–water partition coefficient (Wildman–Crippen LogP) is 5.02. The Morgan fingerprint density at radius 1 is 0.914 bits per heavy atom. The molecule has 0 spiro atoms. The number of Topliss-reactive ketones (excluding diaryl/α,β-unsaturated/α-hetero) is 2. The highest BCUT2D eigenvalue weighted by Gasteiger charge is 2.75. The summed E-state index contributed by atoms with van der Waals surface area (Å²) in [5.41, 5.74) is -2.02. The van der Waals surface area contributed by atoms with Gasteiger partial charge in [-0.05, 0) is 75.5 Å². The van der Waals surface area contributed by atoms with Gasteiger partial charge >= 0.3 is 0 Å². The number of ether oxygens (including phenoxy) is 1. The van der Waals surface area contributed by atoms with Crippen molar-refractivity contribution in [1.29, 1.82) is 0 Å². The standard InChI is InChI=1S/C30H46O5/c1-25(2)14-13-22(33)30(8,35-25)24-19(31)15-27(5)20-11-9-17-18(10-12-21(32)26(17,3)4)29(20,7)23(34)16-28(24,27)6/h9,18-21,24,31-32H,10-16H2,1-8H3. The van der Waals surface area contributed by atoms with E-state index in [0.29, 0.717) is 32.1 Å². The van der Waals surface area contributed by atoms with Crippen molar-refractivity contribution in [3.63, 3.8) is 0 Å². The molecule has 9 atom stereocenters. The van der Waals surface area contributed by atoms with Crippen LogP contribution in [0, 0.1) is 39.4 Å². The third-order valence-electron chi connectivity index (χ3n) is 12.2. The lowest BCUT2D eigenvalue weighted by atomic mass is 9.38. The Labute approximate surface area is 211 Å². The van der Waals surface area contributed by atoms with Crippen LogP contribution in [0.3, 0.4) is 0 Å². The minimum absolute atomic E-state index is 0.0565. The monoisotopic (exact) mass is 486 g/mol. The Kier molecular flexibility index (Phi) is 5.33. The summed E-state index contributed by atoms with van der Waals surface area (Å²) in [5, 5.41) is 22.4. The molecule has 1 aliphatic heterocycles. The Hall–Kier alpha value is -1.04. The van der Waals surface area contributed by atoms with Gasteiger partial charge in [0.25, 0.3) is 0 Å². The first-order valence-electron chi connectivity index (χ1n) is 13.8. The molecule has 5 heteroatoms. The molecule has 9 unspecified atom stereocenters. The van der Waals surface area contributed by atoms with E-state index in [0.717, 1.165) is 12.8 Å². The normalized spacial score (nSPS) is 52.9. The second kappa shape index (κ2) is 7.29. The molecule has 4 fully saturated rings. The molecule has 0 aromatic carbocycles. The first kappa shape index (κ1) is 25.6. The van der Waals surface area contributed by atoms with E-state index in [1.165, 1.54) is 5.57 Å². The summed E-state index contributed by atoms with van der Waals surface area (Å²) in [7, 11) is 0. The van der Waals surface area contributed by atoms with Crippen molar-refractivity contribution in [2.75, 3.05) is 0 Å². The number of rotatable bonds is 1. The third kappa shape index (κ3) is 3.04. The molecular weight excluding hydrogens is 440 g/mol. The molecule has 1 saturated heterocycles. The summed E-state index contributed by atoms with van der Waals surface area (Å²) in [5.74, 6) is 0.0924. The Balaban J connectivity index is 1.62. The summed E-state index contributed by atoms with van der Waals surface area (Å²) in [4.78, 5) is 27.8. The van der Waals surface area contributed by atoms with Crippen LogP contribution >= 0.6 is 0 Å². The van der Waals surface area contributed by atoms with E-state index in [9.17, 15) is 19.8 Å².